The smallest absolute Gasteiger partial charge is 0.279 e. The van der Waals surface area contributed by atoms with Crippen LogP contribution in [0.15, 0.2) is 82.2 Å². The van der Waals surface area contributed by atoms with Gasteiger partial charge in [0.25, 0.3) is 11.5 Å². The van der Waals surface area contributed by atoms with E-state index in [1.54, 1.807) is 17.2 Å². The van der Waals surface area contributed by atoms with Gasteiger partial charge in [0.2, 0.25) is 0 Å². The summed E-state index contributed by atoms with van der Waals surface area (Å²) in [6, 6.07) is 20.6. The molecule has 1 saturated heterocycles. The molecule has 0 saturated carbocycles. The van der Waals surface area contributed by atoms with Gasteiger partial charge in [-0.1, -0.05) is 53.2 Å². The lowest BCUT2D eigenvalue weighted by Gasteiger charge is -2.32. The fraction of sp³-hybridized carbons (Fsp3) is 0.323. The molecule has 0 unspecified atom stereocenters. The maximum atomic E-state index is 14.5. The van der Waals surface area contributed by atoms with E-state index in [1.165, 1.54) is 4.68 Å². The summed E-state index contributed by atoms with van der Waals surface area (Å²) in [5.41, 5.74) is 1.22. The number of amides is 1. The standard InChI is InChI=1S/C31H32BrN3O5Si/c1-19-28(41(2,3)39)27(13-14-36)40-31(19)25-16-22(32)11-12-26(25)34(30(31)38)18-20-7-6-9-23(15-20)35-29(37)24-10-5-4-8-21(24)17-33-35/h4-12,15-17,19,27-28,36,39H,13-14,18H2,1-3H3/t19-,27+,28-,31+/m0/s1. The molecular formula is C31H32BrN3O5Si. The van der Waals surface area contributed by atoms with Crippen LogP contribution in [0, 0.1) is 5.92 Å². The summed E-state index contributed by atoms with van der Waals surface area (Å²) in [6.45, 7) is 5.89. The van der Waals surface area contributed by atoms with Gasteiger partial charge >= 0.3 is 0 Å². The monoisotopic (exact) mass is 633 g/mol. The second-order valence-corrected chi connectivity index (χ2v) is 16.4. The molecule has 3 heterocycles. The Morgan fingerprint density at radius 2 is 1.85 bits per heavy atom. The lowest BCUT2D eigenvalue weighted by Crippen LogP contribution is -2.46. The summed E-state index contributed by atoms with van der Waals surface area (Å²) in [5, 5.41) is 15.6. The van der Waals surface area contributed by atoms with Crippen molar-refractivity contribution in [3.63, 3.8) is 0 Å². The number of anilines is 1. The highest BCUT2D eigenvalue weighted by atomic mass is 79.9. The van der Waals surface area contributed by atoms with Crippen molar-refractivity contribution in [1.82, 2.24) is 9.78 Å². The molecule has 4 atom stereocenters. The number of nitrogens with zero attached hydrogens (tertiary/aromatic N) is 3. The number of benzene rings is 3. The molecule has 1 aromatic heterocycles. The lowest BCUT2D eigenvalue weighted by molar-refractivity contribution is -0.146. The predicted molar refractivity (Wildman–Crippen MR) is 164 cm³/mol. The third-order valence-corrected chi connectivity index (χ3v) is 11.5. The summed E-state index contributed by atoms with van der Waals surface area (Å²) in [6.07, 6.45) is 1.58. The number of aliphatic hydroxyl groups excluding tert-OH is 1. The first-order valence-corrected chi connectivity index (χ1v) is 17.6. The van der Waals surface area contributed by atoms with Gasteiger partial charge in [-0.3, -0.25) is 9.59 Å². The molecule has 2 aliphatic rings. The Labute approximate surface area is 247 Å². The number of hydrogen-bond acceptors (Lipinski definition) is 6. The topological polar surface area (TPSA) is 105 Å². The Morgan fingerprint density at radius 1 is 1.07 bits per heavy atom. The lowest BCUT2D eigenvalue weighted by atomic mass is 9.82. The minimum absolute atomic E-state index is 0.0906. The molecule has 2 aliphatic heterocycles. The van der Waals surface area contributed by atoms with Gasteiger partial charge in [0.15, 0.2) is 13.9 Å². The minimum Gasteiger partial charge on any atom is -0.432 e. The molecule has 41 heavy (non-hydrogen) atoms. The van der Waals surface area contributed by atoms with Crippen LogP contribution < -0.4 is 10.5 Å². The Hall–Kier alpha value is -3.15. The highest BCUT2D eigenvalue weighted by Crippen LogP contribution is 2.60. The predicted octanol–water partition coefficient (Wildman–Crippen LogP) is 4.88. The van der Waals surface area contributed by atoms with E-state index >= 15 is 0 Å². The van der Waals surface area contributed by atoms with Crippen LogP contribution in [0.1, 0.15) is 24.5 Å². The highest BCUT2D eigenvalue weighted by molar-refractivity contribution is 9.10. The Balaban J connectivity index is 1.40. The van der Waals surface area contributed by atoms with Crippen LogP contribution in [-0.4, -0.2) is 46.6 Å². The number of carbonyl (C=O) groups excluding carboxylic acids is 1. The van der Waals surface area contributed by atoms with Crippen LogP contribution in [-0.2, 0) is 21.7 Å². The van der Waals surface area contributed by atoms with E-state index in [2.05, 4.69) is 21.0 Å². The molecule has 0 radical (unpaired) electrons. The van der Waals surface area contributed by atoms with Crippen molar-refractivity contribution in [2.75, 3.05) is 11.5 Å². The number of aromatic nitrogens is 2. The molecule has 1 spiro atoms. The van der Waals surface area contributed by atoms with E-state index in [-0.39, 0.29) is 36.1 Å². The summed E-state index contributed by atoms with van der Waals surface area (Å²) >= 11 is 3.58. The van der Waals surface area contributed by atoms with Crippen LogP contribution >= 0.6 is 15.9 Å². The largest absolute Gasteiger partial charge is 0.432 e. The highest BCUT2D eigenvalue weighted by Gasteiger charge is 2.66. The van der Waals surface area contributed by atoms with Gasteiger partial charge in [0, 0.05) is 33.5 Å². The van der Waals surface area contributed by atoms with Crippen molar-refractivity contribution < 1.29 is 19.4 Å². The van der Waals surface area contributed by atoms with Crippen molar-refractivity contribution in [2.45, 2.75) is 50.2 Å². The first-order valence-electron chi connectivity index (χ1n) is 13.8. The fourth-order valence-electron chi connectivity index (χ4n) is 6.85. The van der Waals surface area contributed by atoms with E-state index < -0.39 is 20.0 Å². The van der Waals surface area contributed by atoms with Gasteiger partial charge in [-0.25, -0.2) is 0 Å². The van der Waals surface area contributed by atoms with Gasteiger partial charge in [-0.05, 0) is 61.5 Å². The minimum atomic E-state index is -2.77. The van der Waals surface area contributed by atoms with Gasteiger partial charge in [-0.2, -0.15) is 9.78 Å². The molecule has 4 aromatic rings. The normalized spacial score (nSPS) is 24.0. The van der Waals surface area contributed by atoms with E-state index in [4.69, 9.17) is 4.74 Å². The van der Waals surface area contributed by atoms with Crippen molar-refractivity contribution in [2.24, 2.45) is 5.92 Å². The summed E-state index contributed by atoms with van der Waals surface area (Å²) < 4.78 is 8.87. The van der Waals surface area contributed by atoms with Crippen molar-refractivity contribution >= 4 is 46.6 Å². The molecule has 2 N–H and O–H groups in total. The molecule has 1 fully saturated rings. The molecule has 3 aromatic carbocycles. The maximum Gasteiger partial charge on any atom is 0.279 e. The van der Waals surface area contributed by atoms with Crippen molar-refractivity contribution in [3.05, 3.63) is 98.9 Å². The number of hydrogen-bond donors (Lipinski definition) is 2. The number of ether oxygens (including phenoxy) is 1. The Bertz CT molecular complexity index is 1720. The average Bonchev–Trinajstić information content (AvgIpc) is 3.36. The number of fused-ring (bicyclic) bond motifs is 3. The third-order valence-electron chi connectivity index (χ3n) is 8.55. The molecule has 1 amide bonds. The molecular weight excluding hydrogens is 602 g/mol. The zero-order valence-corrected chi connectivity index (χ0v) is 25.7. The molecule has 8 nitrogen and oxygen atoms in total. The maximum absolute atomic E-state index is 14.5. The third kappa shape index (κ3) is 4.49. The quantitative estimate of drug-likeness (QED) is 0.293. The zero-order valence-electron chi connectivity index (χ0n) is 23.1. The zero-order chi connectivity index (χ0) is 29.1. The van der Waals surface area contributed by atoms with Gasteiger partial charge < -0.3 is 19.5 Å². The number of aliphatic hydroxyl groups is 1. The summed E-state index contributed by atoms with van der Waals surface area (Å²) in [5.74, 6) is -0.490. The van der Waals surface area contributed by atoms with E-state index in [1.807, 2.05) is 80.7 Å². The van der Waals surface area contributed by atoms with Crippen LogP contribution in [0.3, 0.4) is 0 Å². The average molecular weight is 635 g/mol. The Kier molecular flexibility index (Phi) is 7.02. The van der Waals surface area contributed by atoms with Crippen LogP contribution in [0.2, 0.25) is 18.6 Å². The number of halogens is 1. The molecule has 0 aliphatic carbocycles. The molecule has 0 bridgehead atoms. The van der Waals surface area contributed by atoms with Crippen molar-refractivity contribution in [3.8, 4) is 5.69 Å². The summed E-state index contributed by atoms with van der Waals surface area (Å²) in [4.78, 5) is 40.7. The number of rotatable bonds is 6. The SMILES string of the molecule is C[C@H]1[C@H]([Si](C)(C)O)[C@@H](CCO)O[C@]12C(=O)N(Cc1cccc(-n3ncc4ccccc4c3=O)c1)c1ccc(Br)cc12. The first kappa shape index (κ1) is 28.0. The van der Waals surface area contributed by atoms with Crippen LogP contribution in [0.5, 0.6) is 0 Å². The van der Waals surface area contributed by atoms with Crippen molar-refractivity contribution in [1.29, 1.82) is 0 Å². The number of carbonyl (C=O) groups is 1. The fourth-order valence-corrected chi connectivity index (χ4v) is 9.81. The second kappa shape index (κ2) is 10.3. The van der Waals surface area contributed by atoms with Gasteiger partial charge in [0.05, 0.1) is 35.6 Å². The van der Waals surface area contributed by atoms with Gasteiger partial charge in [-0.15, -0.1) is 0 Å². The second-order valence-electron chi connectivity index (χ2n) is 11.5. The first-order chi connectivity index (χ1) is 19.6. The molecule has 6 rings (SSSR count). The van der Waals surface area contributed by atoms with E-state index in [0.29, 0.717) is 17.5 Å². The van der Waals surface area contributed by atoms with Crippen LogP contribution in [0.4, 0.5) is 5.69 Å². The molecule has 10 heteroatoms. The van der Waals surface area contributed by atoms with E-state index in [9.17, 15) is 19.5 Å². The van der Waals surface area contributed by atoms with E-state index in [0.717, 1.165) is 26.7 Å². The molecule has 212 valence electrons. The van der Waals surface area contributed by atoms with Gasteiger partial charge in [0.1, 0.15) is 0 Å². The Morgan fingerprint density at radius 3 is 2.61 bits per heavy atom. The summed E-state index contributed by atoms with van der Waals surface area (Å²) in [7, 11) is -2.77. The van der Waals surface area contributed by atoms with Crippen LogP contribution in [0.25, 0.3) is 16.5 Å².